The normalized spacial score (nSPS) is 11.4. The highest BCUT2D eigenvalue weighted by Gasteiger charge is 1.99. The zero-order valence-electron chi connectivity index (χ0n) is 13.7. The molecule has 0 aliphatic rings. The second-order valence-electron chi connectivity index (χ2n) is 5.76. The fourth-order valence-corrected chi connectivity index (χ4v) is 2.31. The van der Waals surface area contributed by atoms with Crippen molar-refractivity contribution in [3.8, 4) is 0 Å². The molecule has 2 rings (SSSR count). The summed E-state index contributed by atoms with van der Waals surface area (Å²) in [7, 11) is 4.05. The summed E-state index contributed by atoms with van der Waals surface area (Å²) >= 11 is 0. The first kappa shape index (κ1) is 15.9. The van der Waals surface area contributed by atoms with E-state index in [4.69, 9.17) is 5.73 Å². The third-order valence-corrected chi connectivity index (χ3v) is 3.38. The molecule has 0 saturated carbocycles. The fraction of sp³-hybridized carbons (Fsp3) is 0.278. The van der Waals surface area contributed by atoms with Crippen molar-refractivity contribution in [1.29, 1.82) is 0 Å². The Balaban J connectivity index is 2.00. The van der Waals surface area contributed by atoms with E-state index in [0.717, 1.165) is 11.3 Å². The molecule has 0 unspecified atom stereocenters. The number of hydrogen-bond donors (Lipinski definition) is 2. The van der Waals surface area contributed by atoms with Crippen LogP contribution in [0.25, 0.3) is 0 Å². The van der Waals surface area contributed by atoms with E-state index in [1.165, 1.54) is 16.8 Å². The topological polar surface area (TPSA) is 53.6 Å². The molecule has 0 aliphatic carbocycles. The van der Waals surface area contributed by atoms with E-state index in [1.807, 2.05) is 14.1 Å². The van der Waals surface area contributed by atoms with Crippen LogP contribution in [0, 0.1) is 13.8 Å². The number of nitrogens with zero attached hydrogens (tertiary/aromatic N) is 2. The van der Waals surface area contributed by atoms with Gasteiger partial charge in [-0.05, 0) is 54.8 Å². The molecular weight excluding hydrogens is 272 g/mol. The molecule has 0 radical (unpaired) electrons. The van der Waals surface area contributed by atoms with E-state index in [1.54, 1.807) is 0 Å². The number of benzene rings is 2. The van der Waals surface area contributed by atoms with Gasteiger partial charge in [0, 0.05) is 25.5 Å². The van der Waals surface area contributed by atoms with E-state index in [0.29, 0.717) is 12.5 Å². The van der Waals surface area contributed by atoms with Gasteiger partial charge in [0.15, 0.2) is 5.96 Å². The van der Waals surface area contributed by atoms with Gasteiger partial charge in [-0.15, -0.1) is 0 Å². The number of hydrogen-bond acceptors (Lipinski definition) is 2. The minimum Gasteiger partial charge on any atom is -0.378 e. The fourth-order valence-electron chi connectivity index (χ4n) is 2.31. The maximum Gasteiger partial charge on any atom is 0.193 e. The van der Waals surface area contributed by atoms with Crippen molar-refractivity contribution < 1.29 is 0 Å². The van der Waals surface area contributed by atoms with Crippen LogP contribution in [0.15, 0.2) is 47.5 Å². The number of nitrogens with one attached hydrogen (secondary N) is 1. The number of aryl methyl sites for hydroxylation is 2. The molecule has 2 aromatic rings. The summed E-state index contributed by atoms with van der Waals surface area (Å²) in [5.74, 6) is 0.432. The van der Waals surface area contributed by atoms with Gasteiger partial charge in [-0.3, -0.25) is 0 Å². The predicted molar refractivity (Wildman–Crippen MR) is 95.6 cm³/mol. The Bertz CT molecular complexity index is 637. The van der Waals surface area contributed by atoms with Gasteiger partial charge >= 0.3 is 0 Å². The minimum atomic E-state index is 0.432. The Labute approximate surface area is 132 Å². The third kappa shape index (κ3) is 4.52. The molecule has 0 aliphatic heterocycles. The molecule has 116 valence electrons. The molecule has 0 amide bonds. The number of guanidine groups is 1. The van der Waals surface area contributed by atoms with Crippen LogP contribution in [0.2, 0.25) is 0 Å². The van der Waals surface area contributed by atoms with Crippen molar-refractivity contribution in [3.63, 3.8) is 0 Å². The van der Waals surface area contributed by atoms with Crippen LogP contribution in [-0.4, -0.2) is 20.1 Å². The Morgan fingerprint density at radius 3 is 2.18 bits per heavy atom. The van der Waals surface area contributed by atoms with Crippen molar-refractivity contribution in [2.75, 3.05) is 24.3 Å². The highest BCUT2D eigenvalue weighted by Crippen LogP contribution is 2.14. The van der Waals surface area contributed by atoms with E-state index in [9.17, 15) is 0 Å². The molecule has 0 bridgehead atoms. The third-order valence-electron chi connectivity index (χ3n) is 3.38. The molecule has 0 atom stereocenters. The van der Waals surface area contributed by atoms with E-state index in [2.05, 4.69) is 71.5 Å². The van der Waals surface area contributed by atoms with Crippen LogP contribution in [0.4, 0.5) is 11.4 Å². The van der Waals surface area contributed by atoms with Gasteiger partial charge in [-0.1, -0.05) is 18.2 Å². The average Bonchev–Trinajstić information content (AvgIpc) is 2.44. The molecule has 3 N–H and O–H groups in total. The van der Waals surface area contributed by atoms with Crippen molar-refractivity contribution >= 4 is 17.3 Å². The van der Waals surface area contributed by atoms with Crippen LogP contribution in [0.3, 0.4) is 0 Å². The lowest BCUT2D eigenvalue weighted by Gasteiger charge is -2.12. The lowest BCUT2D eigenvalue weighted by molar-refractivity contribution is 1.05. The SMILES string of the molecule is Cc1cc(C)cc(NC(N)=NCc2ccc(N(C)C)cc2)c1. The second kappa shape index (κ2) is 6.98. The van der Waals surface area contributed by atoms with Crippen LogP contribution in [0.5, 0.6) is 0 Å². The molecule has 4 heteroatoms. The molecule has 2 aromatic carbocycles. The van der Waals surface area contributed by atoms with Crippen molar-refractivity contribution in [1.82, 2.24) is 0 Å². The summed E-state index contributed by atoms with van der Waals surface area (Å²) in [5.41, 5.74) is 11.7. The summed E-state index contributed by atoms with van der Waals surface area (Å²) in [6, 6.07) is 14.6. The molecular formula is C18H24N4. The Hall–Kier alpha value is -2.49. The van der Waals surface area contributed by atoms with E-state index in [-0.39, 0.29) is 0 Å². The molecule has 22 heavy (non-hydrogen) atoms. The highest BCUT2D eigenvalue weighted by atomic mass is 15.1. The summed E-state index contributed by atoms with van der Waals surface area (Å²) in [6.07, 6.45) is 0. The molecule has 4 nitrogen and oxygen atoms in total. The molecule has 0 spiro atoms. The van der Waals surface area contributed by atoms with Crippen LogP contribution in [0.1, 0.15) is 16.7 Å². The van der Waals surface area contributed by atoms with E-state index >= 15 is 0 Å². The first-order valence-corrected chi connectivity index (χ1v) is 7.35. The standard InChI is InChI=1S/C18H24N4/c1-13-9-14(2)11-16(10-13)21-18(19)20-12-15-5-7-17(8-6-15)22(3)4/h5-11H,12H2,1-4H3,(H3,19,20,21). The number of aliphatic imine (C=N–C) groups is 1. The lowest BCUT2D eigenvalue weighted by Crippen LogP contribution is -2.22. The molecule has 0 aromatic heterocycles. The maximum absolute atomic E-state index is 5.96. The summed E-state index contributed by atoms with van der Waals surface area (Å²) in [5, 5.41) is 3.14. The Kier molecular flexibility index (Phi) is 5.04. The monoisotopic (exact) mass is 296 g/mol. The van der Waals surface area contributed by atoms with Crippen molar-refractivity contribution in [3.05, 3.63) is 59.2 Å². The van der Waals surface area contributed by atoms with Gasteiger partial charge in [-0.25, -0.2) is 4.99 Å². The second-order valence-corrected chi connectivity index (χ2v) is 5.76. The predicted octanol–water partition coefficient (Wildman–Crippen LogP) is 3.30. The smallest absolute Gasteiger partial charge is 0.193 e. The molecule has 0 fully saturated rings. The van der Waals surface area contributed by atoms with Crippen LogP contribution in [-0.2, 0) is 6.54 Å². The summed E-state index contributed by atoms with van der Waals surface area (Å²) in [4.78, 5) is 6.47. The van der Waals surface area contributed by atoms with Crippen molar-refractivity contribution in [2.45, 2.75) is 20.4 Å². The largest absolute Gasteiger partial charge is 0.378 e. The van der Waals surface area contributed by atoms with Gasteiger partial charge in [0.05, 0.1) is 6.54 Å². The number of nitrogens with two attached hydrogens (primary N) is 1. The van der Waals surface area contributed by atoms with Gasteiger partial charge < -0.3 is 16.0 Å². The van der Waals surface area contributed by atoms with Gasteiger partial charge in [-0.2, -0.15) is 0 Å². The Morgan fingerprint density at radius 2 is 1.64 bits per heavy atom. The quantitative estimate of drug-likeness (QED) is 0.672. The Morgan fingerprint density at radius 1 is 1.05 bits per heavy atom. The van der Waals surface area contributed by atoms with Crippen LogP contribution >= 0.6 is 0 Å². The van der Waals surface area contributed by atoms with Crippen LogP contribution < -0.4 is 16.0 Å². The first-order chi connectivity index (χ1) is 10.4. The highest BCUT2D eigenvalue weighted by molar-refractivity contribution is 5.92. The summed E-state index contributed by atoms with van der Waals surface area (Å²) < 4.78 is 0. The average molecular weight is 296 g/mol. The van der Waals surface area contributed by atoms with Gasteiger partial charge in [0.2, 0.25) is 0 Å². The van der Waals surface area contributed by atoms with Crippen molar-refractivity contribution in [2.24, 2.45) is 10.7 Å². The molecule has 0 heterocycles. The van der Waals surface area contributed by atoms with Gasteiger partial charge in [0.25, 0.3) is 0 Å². The summed E-state index contributed by atoms with van der Waals surface area (Å²) in [6.45, 7) is 4.70. The van der Waals surface area contributed by atoms with E-state index < -0.39 is 0 Å². The lowest BCUT2D eigenvalue weighted by atomic mass is 10.1. The molecule has 0 saturated heterocycles. The number of rotatable bonds is 4. The minimum absolute atomic E-state index is 0.432. The maximum atomic E-state index is 5.96. The number of anilines is 2. The first-order valence-electron chi connectivity index (χ1n) is 7.35. The van der Waals surface area contributed by atoms with Gasteiger partial charge in [0.1, 0.15) is 0 Å². The zero-order chi connectivity index (χ0) is 16.1. The zero-order valence-corrected chi connectivity index (χ0v) is 13.7.